The molecule has 0 spiro atoms. The van der Waals surface area contributed by atoms with Gasteiger partial charge in [0.25, 0.3) is 0 Å². The van der Waals surface area contributed by atoms with Gasteiger partial charge in [-0.2, -0.15) is 0 Å². The topological polar surface area (TPSA) is 64.6 Å². The van der Waals surface area contributed by atoms with Gasteiger partial charge in [-0.1, -0.05) is 23.2 Å². The molecule has 3 N–H and O–H groups in total. The molecule has 0 saturated carbocycles. The average molecular weight is 316 g/mol. The van der Waals surface area contributed by atoms with Crippen LogP contribution >= 0.6 is 23.2 Å². The molecule has 1 aromatic carbocycles. The van der Waals surface area contributed by atoms with Crippen molar-refractivity contribution in [2.24, 2.45) is 0 Å². The lowest BCUT2D eigenvalue weighted by atomic mass is 10.0. The molecule has 1 amide bonds. The highest BCUT2D eigenvalue weighted by atomic mass is 35.5. The zero-order chi connectivity index (χ0) is 14.3. The van der Waals surface area contributed by atoms with Crippen LogP contribution in [0.2, 0.25) is 10.0 Å². The number of piperazine rings is 1. The molecule has 1 aromatic rings. The second kappa shape index (κ2) is 5.41. The average Bonchev–Trinajstić information content (AvgIpc) is 2.36. The lowest BCUT2D eigenvalue weighted by molar-refractivity contribution is -0.136. The van der Waals surface area contributed by atoms with Gasteiger partial charge in [0.15, 0.2) is 0 Å². The van der Waals surface area contributed by atoms with Crippen LogP contribution in [-0.2, 0) is 4.79 Å². The molecule has 5 nitrogen and oxygen atoms in total. The number of hydrogen-bond acceptors (Lipinski definition) is 4. The van der Waals surface area contributed by atoms with Gasteiger partial charge < -0.3 is 15.3 Å². The predicted molar refractivity (Wildman–Crippen MR) is 77.2 cm³/mol. The van der Waals surface area contributed by atoms with Crippen LogP contribution in [-0.4, -0.2) is 48.1 Å². The van der Waals surface area contributed by atoms with E-state index >= 15 is 0 Å². The van der Waals surface area contributed by atoms with Crippen LogP contribution in [0, 0.1) is 0 Å². The maximum absolute atomic E-state index is 12.0. The summed E-state index contributed by atoms with van der Waals surface area (Å²) in [6.07, 6.45) is 0. The highest BCUT2D eigenvalue weighted by Gasteiger charge is 2.35. The summed E-state index contributed by atoms with van der Waals surface area (Å²) in [6, 6.07) is 3.10. The van der Waals surface area contributed by atoms with E-state index in [1.54, 1.807) is 6.07 Å². The Kier molecular flexibility index (Phi) is 3.77. The van der Waals surface area contributed by atoms with E-state index in [2.05, 4.69) is 10.6 Å². The van der Waals surface area contributed by atoms with Crippen molar-refractivity contribution in [3.05, 3.63) is 27.7 Å². The van der Waals surface area contributed by atoms with Gasteiger partial charge in [0.05, 0.1) is 28.7 Å². The number of aromatic hydroxyl groups is 1. The smallest absolute Gasteiger partial charge is 0.236 e. The van der Waals surface area contributed by atoms with Gasteiger partial charge in [-0.3, -0.25) is 10.1 Å². The minimum atomic E-state index is -0.209. The molecule has 2 fully saturated rings. The van der Waals surface area contributed by atoms with Gasteiger partial charge in [-0.15, -0.1) is 0 Å². The highest BCUT2D eigenvalue weighted by molar-refractivity contribution is 6.42. The fourth-order valence-electron chi connectivity index (χ4n) is 2.60. The van der Waals surface area contributed by atoms with Gasteiger partial charge >= 0.3 is 0 Å². The first-order chi connectivity index (χ1) is 9.58. The highest BCUT2D eigenvalue weighted by Crippen LogP contribution is 2.37. The van der Waals surface area contributed by atoms with Crippen LogP contribution in [0.4, 0.5) is 0 Å². The Morgan fingerprint density at radius 1 is 1.30 bits per heavy atom. The number of nitrogens with one attached hydrogen (secondary N) is 2. The summed E-state index contributed by atoms with van der Waals surface area (Å²) in [7, 11) is 0. The van der Waals surface area contributed by atoms with Crippen LogP contribution in [0.1, 0.15) is 11.6 Å². The van der Waals surface area contributed by atoms with E-state index in [1.165, 1.54) is 6.07 Å². The van der Waals surface area contributed by atoms with Crippen molar-refractivity contribution in [1.29, 1.82) is 0 Å². The Morgan fingerprint density at radius 2 is 2.05 bits per heavy atom. The molecule has 2 heterocycles. The molecule has 108 valence electrons. The maximum atomic E-state index is 12.0. The summed E-state index contributed by atoms with van der Waals surface area (Å²) in [6.45, 7) is 2.35. The normalized spacial score (nSPS) is 23.8. The summed E-state index contributed by atoms with van der Waals surface area (Å²) in [4.78, 5) is 13.8. The molecule has 2 aliphatic heterocycles. The van der Waals surface area contributed by atoms with Crippen molar-refractivity contribution >= 4 is 29.1 Å². The van der Waals surface area contributed by atoms with Gasteiger partial charge in [0.1, 0.15) is 5.75 Å². The molecule has 0 radical (unpaired) electrons. The van der Waals surface area contributed by atoms with Crippen LogP contribution in [0.15, 0.2) is 12.1 Å². The van der Waals surface area contributed by atoms with Crippen molar-refractivity contribution in [1.82, 2.24) is 15.5 Å². The number of benzene rings is 1. The molecule has 0 aliphatic carbocycles. The maximum Gasteiger partial charge on any atom is 0.236 e. The first-order valence-corrected chi connectivity index (χ1v) is 7.24. The van der Waals surface area contributed by atoms with E-state index in [-0.39, 0.29) is 30.3 Å². The number of hydrogen-bond donors (Lipinski definition) is 3. The Labute approximate surface area is 126 Å². The molecular formula is C13H15Cl2N3O2. The fourth-order valence-corrected chi connectivity index (χ4v) is 3.06. The van der Waals surface area contributed by atoms with E-state index in [0.29, 0.717) is 22.2 Å². The number of carbonyl (C=O) groups excluding carboxylic acids is 1. The monoisotopic (exact) mass is 315 g/mol. The van der Waals surface area contributed by atoms with E-state index in [0.717, 1.165) is 13.1 Å². The zero-order valence-electron chi connectivity index (χ0n) is 10.7. The second-order valence-electron chi connectivity index (χ2n) is 5.09. The first-order valence-electron chi connectivity index (χ1n) is 6.48. The van der Waals surface area contributed by atoms with E-state index in [9.17, 15) is 9.90 Å². The minimum absolute atomic E-state index is 0.0744. The molecule has 2 saturated heterocycles. The van der Waals surface area contributed by atoms with Crippen molar-refractivity contribution in [3.8, 4) is 5.75 Å². The number of amides is 1. The van der Waals surface area contributed by atoms with Crippen molar-refractivity contribution < 1.29 is 9.90 Å². The number of rotatable bonds is 2. The summed E-state index contributed by atoms with van der Waals surface area (Å²) < 4.78 is 0. The number of halogens is 2. The zero-order valence-corrected chi connectivity index (χ0v) is 12.2. The molecule has 1 atom stereocenters. The summed E-state index contributed by atoms with van der Waals surface area (Å²) in [5, 5.41) is 17.0. The summed E-state index contributed by atoms with van der Waals surface area (Å²) >= 11 is 12.2. The van der Waals surface area contributed by atoms with E-state index in [1.807, 2.05) is 4.90 Å². The Morgan fingerprint density at radius 3 is 2.70 bits per heavy atom. The van der Waals surface area contributed by atoms with E-state index < -0.39 is 0 Å². The van der Waals surface area contributed by atoms with Crippen LogP contribution in [0.3, 0.4) is 0 Å². The first kappa shape index (κ1) is 13.9. The summed E-state index contributed by atoms with van der Waals surface area (Å²) in [5.41, 5.74) is 0.559. The molecule has 0 aromatic heterocycles. The minimum Gasteiger partial charge on any atom is -0.508 e. The van der Waals surface area contributed by atoms with E-state index in [4.69, 9.17) is 23.2 Å². The second-order valence-corrected chi connectivity index (χ2v) is 5.87. The molecule has 20 heavy (non-hydrogen) atoms. The van der Waals surface area contributed by atoms with Crippen molar-refractivity contribution in [2.45, 2.75) is 12.1 Å². The van der Waals surface area contributed by atoms with Gasteiger partial charge in [-0.25, -0.2) is 0 Å². The molecule has 0 unspecified atom stereocenters. The van der Waals surface area contributed by atoms with Crippen molar-refractivity contribution in [3.63, 3.8) is 0 Å². The van der Waals surface area contributed by atoms with Crippen LogP contribution in [0.25, 0.3) is 0 Å². The van der Waals surface area contributed by atoms with Gasteiger partial charge in [0.2, 0.25) is 5.91 Å². The number of carbonyl (C=O) groups is 1. The Bertz CT molecular complexity index is 549. The molecule has 7 heteroatoms. The number of nitrogens with zero attached hydrogens (tertiary/aromatic N) is 1. The third-order valence-electron chi connectivity index (χ3n) is 3.86. The Hall–Kier alpha value is -1.01. The van der Waals surface area contributed by atoms with Crippen LogP contribution < -0.4 is 10.6 Å². The quantitative estimate of drug-likeness (QED) is 0.766. The number of phenols is 1. The predicted octanol–water partition coefficient (Wildman–Crippen LogP) is 1.14. The molecular weight excluding hydrogens is 301 g/mol. The standard InChI is InChI=1S/C13H15Cl2N3O2/c14-8-1-2-10(19)12(13(8)15)9-6-18(7-3-16-4-7)11(20)5-17-9/h1-2,7,9,16-17,19H,3-6H2/t9-/m1/s1. The van der Waals surface area contributed by atoms with Gasteiger partial charge in [0, 0.05) is 25.2 Å². The third kappa shape index (κ3) is 2.35. The summed E-state index contributed by atoms with van der Waals surface area (Å²) in [5.74, 6) is 0.170. The third-order valence-corrected chi connectivity index (χ3v) is 4.68. The SMILES string of the molecule is O=C1CN[C@@H](c2c(O)ccc(Cl)c2Cl)CN1C1CNC1. The molecule has 2 aliphatic rings. The van der Waals surface area contributed by atoms with Gasteiger partial charge in [-0.05, 0) is 12.1 Å². The van der Waals surface area contributed by atoms with Crippen molar-refractivity contribution in [2.75, 3.05) is 26.2 Å². The fraction of sp³-hybridized carbons (Fsp3) is 0.462. The molecule has 3 rings (SSSR count). The molecule has 0 bridgehead atoms. The lowest BCUT2D eigenvalue weighted by Crippen LogP contribution is -2.63. The lowest BCUT2D eigenvalue weighted by Gasteiger charge is -2.43. The van der Waals surface area contributed by atoms with Crippen LogP contribution in [0.5, 0.6) is 5.75 Å². The number of phenolic OH excluding ortho intramolecular Hbond substituents is 1. The largest absolute Gasteiger partial charge is 0.508 e. The Balaban J connectivity index is 1.87.